The zero-order valence-corrected chi connectivity index (χ0v) is 12.8. The average Bonchev–Trinajstić information content (AvgIpc) is 2.24. The van der Waals surface area contributed by atoms with Gasteiger partial charge in [-0.25, -0.2) is 9.18 Å². The predicted octanol–water partition coefficient (Wildman–Crippen LogP) is 4.04. The van der Waals surface area contributed by atoms with Crippen molar-refractivity contribution in [2.75, 3.05) is 0 Å². The summed E-state index contributed by atoms with van der Waals surface area (Å²) in [7, 11) is 0. The van der Waals surface area contributed by atoms with Gasteiger partial charge in [0.2, 0.25) is 0 Å². The number of aryl methyl sites for hydroxylation is 1. The molecule has 1 rings (SSSR count). The minimum absolute atomic E-state index is 0.0171. The van der Waals surface area contributed by atoms with Crippen LogP contribution in [0.1, 0.15) is 33.3 Å². The SMILES string of the molecule is Cc1cc(F)c(OC(=O)N(C(C)C)C(C)C)cc1S. The molecule has 0 bridgehead atoms. The molecule has 0 fully saturated rings. The zero-order chi connectivity index (χ0) is 14.7. The Kier molecular flexibility index (Phi) is 5.23. The van der Waals surface area contributed by atoms with Crippen molar-refractivity contribution in [1.82, 2.24) is 4.90 Å². The molecule has 5 heteroatoms. The van der Waals surface area contributed by atoms with Crippen LogP contribution in [0.3, 0.4) is 0 Å². The number of thiol groups is 1. The van der Waals surface area contributed by atoms with Crippen LogP contribution in [0.4, 0.5) is 9.18 Å². The topological polar surface area (TPSA) is 29.5 Å². The zero-order valence-electron chi connectivity index (χ0n) is 11.9. The molecule has 0 N–H and O–H groups in total. The van der Waals surface area contributed by atoms with E-state index in [1.807, 2.05) is 27.7 Å². The molecule has 1 aromatic rings. The Morgan fingerprint density at radius 2 is 1.79 bits per heavy atom. The van der Waals surface area contributed by atoms with E-state index in [9.17, 15) is 9.18 Å². The van der Waals surface area contributed by atoms with E-state index in [0.717, 1.165) is 0 Å². The standard InChI is InChI=1S/C14H20FNO2S/c1-8(2)16(9(3)4)14(17)18-12-7-13(19)10(5)6-11(12)15/h6-9,19H,1-5H3. The van der Waals surface area contributed by atoms with Gasteiger partial charge in [0.25, 0.3) is 0 Å². The van der Waals surface area contributed by atoms with E-state index in [0.29, 0.717) is 10.5 Å². The van der Waals surface area contributed by atoms with Crippen LogP contribution in [0.25, 0.3) is 0 Å². The number of carbonyl (C=O) groups is 1. The lowest BCUT2D eigenvalue weighted by molar-refractivity contribution is 0.121. The minimum Gasteiger partial charge on any atom is -0.407 e. The maximum Gasteiger partial charge on any atom is 0.415 e. The van der Waals surface area contributed by atoms with Gasteiger partial charge < -0.3 is 9.64 Å². The molecule has 0 spiro atoms. The van der Waals surface area contributed by atoms with Crippen LogP contribution in [0.2, 0.25) is 0 Å². The van der Waals surface area contributed by atoms with E-state index < -0.39 is 11.9 Å². The van der Waals surface area contributed by atoms with Gasteiger partial charge >= 0.3 is 6.09 Å². The summed E-state index contributed by atoms with van der Waals surface area (Å²) in [6.45, 7) is 9.28. The van der Waals surface area contributed by atoms with E-state index in [4.69, 9.17) is 4.74 Å². The highest BCUT2D eigenvalue weighted by Crippen LogP contribution is 2.25. The second kappa shape index (κ2) is 6.28. The maximum atomic E-state index is 13.7. The maximum absolute atomic E-state index is 13.7. The van der Waals surface area contributed by atoms with Crippen LogP contribution < -0.4 is 4.74 Å². The van der Waals surface area contributed by atoms with E-state index in [1.54, 1.807) is 11.8 Å². The Bertz CT molecular complexity index is 467. The first-order valence-corrected chi connectivity index (χ1v) is 6.68. The summed E-state index contributed by atoms with van der Waals surface area (Å²) in [5, 5.41) is 0. The predicted molar refractivity (Wildman–Crippen MR) is 76.5 cm³/mol. The van der Waals surface area contributed by atoms with Crippen LogP contribution in [0, 0.1) is 12.7 Å². The number of halogens is 1. The number of nitrogens with zero attached hydrogens (tertiary/aromatic N) is 1. The Morgan fingerprint density at radius 3 is 2.26 bits per heavy atom. The normalized spacial score (nSPS) is 11.0. The number of hydrogen-bond donors (Lipinski definition) is 1. The lowest BCUT2D eigenvalue weighted by Gasteiger charge is -2.29. The van der Waals surface area contributed by atoms with Gasteiger partial charge in [-0.2, -0.15) is 0 Å². The number of hydrogen-bond acceptors (Lipinski definition) is 3. The van der Waals surface area contributed by atoms with Crippen molar-refractivity contribution in [3.63, 3.8) is 0 Å². The van der Waals surface area contributed by atoms with Gasteiger partial charge in [0.15, 0.2) is 11.6 Å². The second-order valence-corrected chi connectivity index (χ2v) is 5.51. The molecule has 0 atom stereocenters. The first-order chi connectivity index (χ1) is 8.73. The molecule has 106 valence electrons. The minimum atomic E-state index is -0.559. The van der Waals surface area contributed by atoms with Gasteiger partial charge in [-0.3, -0.25) is 0 Å². The van der Waals surface area contributed by atoms with Crippen molar-refractivity contribution in [3.8, 4) is 5.75 Å². The summed E-state index contributed by atoms with van der Waals surface area (Å²) in [6.07, 6.45) is -0.555. The van der Waals surface area contributed by atoms with Gasteiger partial charge in [-0.05, 0) is 52.3 Å². The molecule has 0 aliphatic carbocycles. The van der Waals surface area contributed by atoms with Gasteiger partial charge in [0, 0.05) is 17.0 Å². The molecule has 0 aliphatic rings. The number of rotatable bonds is 3. The summed E-state index contributed by atoms with van der Waals surface area (Å²) < 4.78 is 18.9. The van der Waals surface area contributed by atoms with Crippen molar-refractivity contribution in [3.05, 3.63) is 23.5 Å². The summed E-state index contributed by atoms with van der Waals surface area (Å²) in [6, 6.07) is 2.69. The molecule has 0 aliphatic heterocycles. The largest absolute Gasteiger partial charge is 0.415 e. The van der Waals surface area contributed by atoms with Crippen molar-refractivity contribution >= 4 is 18.7 Å². The number of ether oxygens (including phenoxy) is 1. The quantitative estimate of drug-likeness (QED) is 0.849. The Morgan fingerprint density at radius 1 is 1.26 bits per heavy atom. The second-order valence-electron chi connectivity index (χ2n) is 5.03. The van der Waals surface area contributed by atoms with Crippen LogP contribution >= 0.6 is 12.6 Å². The smallest absolute Gasteiger partial charge is 0.407 e. The molecule has 3 nitrogen and oxygen atoms in total. The van der Waals surface area contributed by atoms with Gasteiger partial charge in [0.05, 0.1) is 0 Å². The van der Waals surface area contributed by atoms with Crippen LogP contribution in [-0.4, -0.2) is 23.1 Å². The van der Waals surface area contributed by atoms with E-state index in [-0.39, 0.29) is 17.8 Å². The Balaban J connectivity index is 2.96. The van der Waals surface area contributed by atoms with Gasteiger partial charge in [-0.1, -0.05) is 0 Å². The van der Waals surface area contributed by atoms with Gasteiger partial charge in [-0.15, -0.1) is 12.6 Å². The summed E-state index contributed by atoms with van der Waals surface area (Å²) in [5.74, 6) is -0.650. The fraction of sp³-hybridized carbons (Fsp3) is 0.500. The van der Waals surface area contributed by atoms with Crippen molar-refractivity contribution in [1.29, 1.82) is 0 Å². The van der Waals surface area contributed by atoms with Crippen molar-refractivity contribution in [2.45, 2.75) is 51.6 Å². The summed E-state index contributed by atoms with van der Waals surface area (Å²) in [4.78, 5) is 14.2. The molecule has 0 aromatic heterocycles. The molecule has 0 heterocycles. The van der Waals surface area contributed by atoms with E-state index >= 15 is 0 Å². The molecular weight excluding hydrogens is 265 g/mol. The lowest BCUT2D eigenvalue weighted by atomic mass is 10.2. The fourth-order valence-corrected chi connectivity index (χ4v) is 2.07. The molecule has 0 saturated carbocycles. The highest BCUT2D eigenvalue weighted by atomic mass is 32.1. The van der Waals surface area contributed by atoms with Crippen LogP contribution in [-0.2, 0) is 0 Å². The first-order valence-electron chi connectivity index (χ1n) is 6.23. The van der Waals surface area contributed by atoms with Crippen molar-refractivity contribution in [2.24, 2.45) is 0 Å². The molecule has 19 heavy (non-hydrogen) atoms. The molecule has 0 radical (unpaired) electrons. The first kappa shape index (κ1) is 15.8. The van der Waals surface area contributed by atoms with E-state index in [1.165, 1.54) is 12.1 Å². The molecule has 1 aromatic carbocycles. The van der Waals surface area contributed by atoms with E-state index in [2.05, 4.69) is 12.6 Å². The molecular formula is C14H20FNO2S. The third kappa shape index (κ3) is 3.86. The molecule has 1 amide bonds. The molecule has 0 unspecified atom stereocenters. The third-order valence-corrected chi connectivity index (χ3v) is 3.25. The third-order valence-electron chi connectivity index (χ3n) is 2.77. The monoisotopic (exact) mass is 285 g/mol. The number of amides is 1. The lowest BCUT2D eigenvalue weighted by Crippen LogP contribution is -2.43. The Labute approximate surface area is 119 Å². The summed E-state index contributed by atoms with van der Waals surface area (Å²) >= 11 is 4.20. The van der Waals surface area contributed by atoms with Crippen molar-refractivity contribution < 1.29 is 13.9 Å². The highest BCUT2D eigenvalue weighted by Gasteiger charge is 2.23. The number of carbonyl (C=O) groups excluding carboxylic acids is 1. The Hall–Kier alpha value is -1.23. The fourth-order valence-electron chi connectivity index (χ4n) is 1.89. The highest BCUT2D eigenvalue weighted by molar-refractivity contribution is 7.80. The van der Waals surface area contributed by atoms with Gasteiger partial charge in [0.1, 0.15) is 0 Å². The number of benzene rings is 1. The molecule has 0 saturated heterocycles. The van der Waals surface area contributed by atoms with Crippen LogP contribution in [0.5, 0.6) is 5.75 Å². The summed E-state index contributed by atoms with van der Waals surface area (Å²) in [5.41, 5.74) is 0.699. The average molecular weight is 285 g/mol. The van der Waals surface area contributed by atoms with Crippen LogP contribution in [0.15, 0.2) is 17.0 Å².